The van der Waals surface area contributed by atoms with Crippen LogP contribution < -0.4 is 21.3 Å². The molecule has 0 unspecified atom stereocenters. The monoisotopic (exact) mass is 286 g/mol. The molecular formula is C15H22N6. The quantitative estimate of drug-likeness (QED) is 0.812. The molecule has 112 valence electrons. The highest BCUT2D eigenvalue weighted by Gasteiger charge is 2.22. The number of benzene rings is 1. The summed E-state index contributed by atoms with van der Waals surface area (Å²) in [6.45, 7) is 5.76. The zero-order chi connectivity index (χ0) is 15.0. The van der Waals surface area contributed by atoms with Crippen molar-refractivity contribution < 1.29 is 0 Å². The first kappa shape index (κ1) is 13.6. The van der Waals surface area contributed by atoms with Crippen LogP contribution in [0.15, 0.2) is 24.3 Å². The lowest BCUT2D eigenvalue weighted by Crippen LogP contribution is -2.47. The van der Waals surface area contributed by atoms with E-state index < -0.39 is 0 Å². The fourth-order valence-corrected chi connectivity index (χ4v) is 2.90. The molecule has 3 rings (SSSR count). The summed E-state index contributed by atoms with van der Waals surface area (Å²) in [5, 5.41) is 4.40. The largest absolute Gasteiger partial charge is 0.399 e. The first-order valence-electron chi connectivity index (χ1n) is 7.21. The summed E-state index contributed by atoms with van der Waals surface area (Å²) in [5.41, 5.74) is 15.6. The van der Waals surface area contributed by atoms with Crippen LogP contribution in [-0.2, 0) is 7.05 Å². The minimum atomic E-state index is 0.790. The number of aryl methyl sites for hydroxylation is 2. The van der Waals surface area contributed by atoms with Crippen LogP contribution in [0.3, 0.4) is 0 Å². The molecule has 4 N–H and O–H groups in total. The highest BCUT2D eigenvalue weighted by molar-refractivity contribution is 5.67. The second kappa shape index (κ2) is 5.20. The maximum absolute atomic E-state index is 6.14. The number of anilines is 4. The number of nitrogen functional groups attached to an aromatic ring is 2. The van der Waals surface area contributed by atoms with Crippen LogP contribution >= 0.6 is 0 Å². The Morgan fingerprint density at radius 2 is 1.52 bits per heavy atom. The molecule has 6 heteroatoms. The van der Waals surface area contributed by atoms with Crippen molar-refractivity contribution in [2.75, 3.05) is 47.4 Å². The van der Waals surface area contributed by atoms with Gasteiger partial charge in [0.1, 0.15) is 0 Å². The summed E-state index contributed by atoms with van der Waals surface area (Å²) in [4.78, 5) is 4.68. The second-order valence-electron chi connectivity index (χ2n) is 5.51. The zero-order valence-corrected chi connectivity index (χ0v) is 12.6. The summed E-state index contributed by atoms with van der Waals surface area (Å²) < 4.78 is 1.88. The van der Waals surface area contributed by atoms with Crippen LogP contribution in [0.2, 0.25) is 0 Å². The van der Waals surface area contributed by atoms with Crippen molar-refractivity contribution in [3.8, 4) is 0 Å². The van der Waals surface area contributed by atoms with Gasteiger partial charge in [0.2, 0.25) is 0 Å². The Kier molecular flexibility index (Phi) is 3.37. The fraction of sp³-hybridized carbons (Fsp3) is 0.400. The molecular weight excluding hydrogens is 264 g/mol. The summed E-state index contributed by atoms with van der Waals surface area (Å²) >= 11 is 0. The van der Waals surface area contributed by atoms with Gasteiger partial charge in [-0.3, -0.25) is 4.68 Å². The molecule has 0 amide bonds. The van der Waals surface area contributed by atoms with Crippen LogP contribution in [0.1, 0.15) is 5.69 Å². The normalized spacial score (nSPS) is 15.5. The predicted octanol–water partition coefficient (Wildman–Crippen LogP) is 1.22. The van der Waals surface area contributed by atoms with Gasteiger partial charge in [0.05, 0.1) is 11.4 Å². The molecule has 1 aliphatic rings. The maximum Gasteiger partial charge on any atom is 0.150 e. The number of hydrogen-bond donors (Lipinski definition) is 2. The number of rotatable bonds is 2. The molecule has 1 aliphatic heterocycles. The summed E-state index contributed by atoms with van der Waals surface area (Å²) in [6, 6.07) is 8.05. The van der Waals surface area contributed by atoms with E-state index in [4.69, 9.17) is 11.5 Å². The van der Waals surface area contributed by atoms with Gasteiger partial charge >= 0.3 is 0 Å². The number of aromatic nitrogens is 2. The summed E-state index contributed by atoms with van der Waals surface area (Å²) in [7, 11) is 1.95. The Hall–Kier alpha value is -2.37. The van der Waals surface area contributed by atoms with Gasteiger partial charge in [-0.25, -0.2) is 0 Å². The Morgan fingerprint density at radius 3 is 2.05 bits per heavy atom. The van der Waals surface area contributed by atoms with E-state index in [1.54, 1.807) is 0 Å². The van der Waals surface area contributed by atoms with Gasteiger partial charge in [-0.2, -0.15) is 5.10 Å². The van der Waals surface area contributed by atoms with E-state index in [2.05, 4.69) is 27.0 Å². The van der Waals surface area contributed by atoms with Crippen molar-refractivity contribution in [2.24, 2.45) is 7.05 Å². The maximum atomic E-state index is 6.14. The van der Waals surface area contributed by atoms with E-state index >= 15 is 0 Å². The zero-order valence-electron chi connectivity index (χ0n) is 12.6. The van der Waals surface area contributed by atoms with Gasteiger partial charge in [-0.15, -0.1) is 0 Å². The van der Waals surface area contributed by atoms with Crippen molar-refractivity contribution in [3.05, 3.63) is 30.0 Å². The minimum absolute atomic E-state index is 0.790. The average molecular weight is 286 g/mol. The number of nitrogens with two attached hydrogens (primary N) is 2. The lowest BCUT2D eigenvalue weighted by atomic mass is 10.2. The number of hydrogen-bond acceptors (Lipinski definition) is 5. The molecule has 1 aromatic carbocycles. The van der Waals surface area contributed by atoms with Gasteiger partial charge < -0.3 is 21.3 Å². The van der Waals surface area contributed by atoms with Crippen LogP contribution in [0, 0.1) is 6.92 Å². The molecule has 0 spiro atoms. The highest BCUT2D eigenvalue weighted by Crippen LogP contribution is 2.27. The van der Waals surface area contributed by atoms with Gasteiger partial charge in [0.25, 0.3) is 0 Å². The second-order valence-corrected chi connectivity index (χ2v) is 5.51. The van der Waals surface area contributed by atoms with Crippen LogP contribution in [0.4, 0.5) is 22.9 Å². The lowest BCUT2D eigenvalue weighted by Gasteiger charge is -2.37. The van der Waals surface area contributed by atoms with Crippen molar-refractivity contribution in [1.29, 1.82) is 0 Å². The highest BCUT2D eigenvalue weighted by atomic mass is 15.4. The Balaban J connectivity index is 1.71. The first-order chi connectivity index (χ1) is 10.1. The standard InChI is InChI=1S/C15H22N6/c1-11-14(17)15(19(2)18-11)21-9-7-20(8-10-21)13-5-3-12(16)4-6-13/h3-6H,7-10,16-17H2,1-2H3. The van der Waals surface area contributed by atoms with E-state index in [-0.39, 0.29) is 0 Å². The number of nitrogens with zero attached hydrogens (tertiary/aromatic N) is 4. The van der Waals surface area contributed by atoms with Crippen LogP contribution in [-0.4, -0.2) is 36.0 Å². The van der Waals surface area contributed by atoms with E-state index in [0.29, 0.717) is 0 Å². The van der Waals surface area contributed by atoms with Crippen molar-refractivity contribution in [2.45, 2.75) is 6.92 Å². The Labute approximate surface area is 124 Å². The lowest BCUT2D eigenvalue weighted by molar-refractivity contribution is 0.624. The van der Waals surface area contributed by atoms with E-state index in [1.807, 2.05) is 30.8 Å². The molecule has 1 aromatic heterocycles. The molecule has 0 atom stereocenters. The average Bonchev–Trinajstić information content (AvgIpc) is 2.73. The van der Waals surface area contributed by atoms with Crippen LogP contribution in [0.5, 0.6) is 0 Å². The SMILES string of the molecule is Cc1nn(C)c(N2CCN(c3ccc(N)cc3)CC2)c1N. The number of piperazine rings is 1. The van der Waals surface area contributed by atoms with E-state index in [0.717, 1.165) is 49.1 Å². The molecule has 1 saturated heterocycles. The molecule has 2 aromatic rings. The molecule has 0 radical (unpaired) electrons. The van der Waals surface area contributed by atoms with E-state index in [9.17, 15) is 0 Å². The topological polar surface area (TPSA) is 76.3 Å². The molecule has 0 bridgehead atoms. The molecule has 0 saturated carbocycles. The summed E-state index contributed by atoms with van der Waals surface area (Å²) in [6.07, 6.45) is 0. The van der Waals surface area contributed by atoms with E-state index in [1.165, 1.54) is 5.69 Å². The fourth-order valence-electron chi connectivity index (χ4n) is 2.90. The van der Waals surface area contributed by atoms with Crippen molar-refractivity contribution in [1.82, 2.24) is 9.78 Å². The Morgan fingerprint density at radius 1 is 0.952 bits per heavy atom. The summed E-state index contributed by atoms with van der Waals surface area (Å²) in [5.74, 6) is 1.03. The molecule has 6 nitrogen and oxygen atoms in total. The van der Waals surface area contributed by atoms with Crippen molar-refractivity contribution >= 4 is 22.9 Å². The molecule has 1 fully saturated rings. The minimum Gasteiger partial charge on any atom is -0.399 e. The third-order valence-electron chi connectivity index (χ3n) is 4.07. The Bertz CT molecular complexity index is 622. The van der Waals surface area contributed by atoms with Gasteiger partial charge in [-0.05, 0) is 31.2 Å². The molecule has 2 heterocycles. The van der Waals surface area contributed by atoms with Gasteiger partial charge in [-0.1, -0.05) is 0 Å². The van der Waals surface area contributed by atoms with Gasteiger partial charge in [0.15, 0.2) is 5.82 Å². The van der Waals surface area contributed by atoms with Crippen molar-refractivity contribution in [3.63, 3.8) is 0 Å². The third kappa shape index (κ3) is 2.49. The smallest absolute Gasteiger partial charge is 0.150 e. The third-order valence-corrected chi connectivity index (χ3v) is 4.07. The first-order valence-corrected chi connectivity index (χ1v) is 7.21. The van der Waals surface area contributed by atoms with Crippen LogP contribution in [0.25, 0.3) is 0 Å². The molecule has 21 heavy (non-hydrogen) atoms. The predicted molar refractivity (Wildman–Crippen MR) is 87.6 cm³/mol. The molecule has 0 aliphatic carbocycles. The van der Waals surface area contributed by atoms with Gasteiger partial charge in [0, 0.05) is 44.6 Å².